The van der Waals surface area contributed by atoms with Gasteiger partial charge in [-0.15, -0.1) is 0 Å². The lowest BCUT2D eigenvalue weighted by atomic mass is 10.2. The van der Waals surface area contributed by atoms with Crippen LogP contribution in [-0.4, -0.2) is 68.5 Å². The summed E-state index contributed by atoms with van der Waals surface area (Å²) in [6.45, 7) is 2.19. The van der Waals surface area contributed by atoms with Gasteiger partial charge in [-0.2, -0.15) is 0 Å². The Morgan fingerprint density at radius 3 is 2.45 bits per heavy atom. The van der Waals surface area contributed by atoms with Gasteiger partial charge in [0.25, 0.3) is 5.91 Å². The highest BCUT2D eigenvalue weighted by Gasteiger charge is 2.21. The molecule has 0 aliphatic rings. The number of carbonyl (C=O) groups is 2. The number of imidazole rings is 1. The van der Waals surface area contributed by atoms with Crippen molar-refractivity contribution in [3.8, 4) is 11.4 Å². The summed E-state index contributed by atoms with van der Waals surface area (Å²) in [5.74, 6) is -0.860. The van der Waals surface area contributed by atoms with E-state index in [9.17, 15) is 18.8 Å². The number of aryl methyl sites for hydroxylation is 1. The van der Waals surface area contributed by atoms with Gasteiger partial charge in [-0.25, -0.2) is 28.7 Å². The number of nitrogen functional groups attached to an aromatic ring is 1. The van der Waals surface area contributed by atoms with Crippen molar-refractivity contribution in [3.05, 3.63) is 107 Å². The summed E-state index contributed by atoms with van der Waals surface area (Å²) >= 11 is 0. The van der Waals surface area contributed by atoms with Crippen molar-refractivity contribution in [3.63, 3.8) is 0 Å². The van der Waals surface area contributed by atoms with E-state index < -0.39 is 17.4 Å². The number of nitrogens with zero attached hydrogens (tertiary/aromatic N) is 7. The van der Waals surface area contributed by atoms with Crippen molar-refractivity contribution in [1.29, 1.82) is 0 Å². The molecule has 44 heavy (non-hydrogen) atoms. The fourth-order valence-electron chi connectivity index (χ4n) is 4.52. The zero-order valence-electron chi connectivity index (χ0n) is 24.5. The lowest BCUT2D eigenvalue weighted by Gasteiger charge is -2.16. The van der Waals surface area contributed by atoms with Crippen LogP contribution in [-0.2, 0) is 4.79 Å². The van der Waals surface area contributed by atoms with Gasteiger partial charge in [-0.3, -0.25) is 14.2 Å². The Balaban J connectivity index is 1.50. The molecular weight excluding hydrogens is 565 g/mol. The quantitative estimate of drug-likeness (QED) is 0.260. The molecule has 0 spiro atoms. The first-order chi connectivity index (χ1) is 21.0. The monoisotopic (exact) mass is 595 g/mol. The standard InChI is InChI=1S/C31H30FN9O3/c1-19-15-25(34-17-24(19)32)37-30(43)20-10-12-21(13-11-20)40-27-28(33)35-18-36-29(27)41(31(40)44)23-8-5-7-22(16-23)39(4)26(42)9-6-14-38(2)3/h5-13,15-18H,14H2,1-4H3,(H2,33,35,36)(H,34,37,43). The number of halogens is 1. The molecule has 0 aliphatic heterocycles. The Hall–Kier alpha value is -5.69. The number of nitrogens with one attached hydrogen (secondary N) is 1. The molecule has 2 amide bonds. The van der Waals surface area contributed by atoms with Gasteiger partial charge in [-0.1, -0.05) is 12.1 Å². The van der Waals surface area contributed by atoms with Crippen LogP contribution >= 0.6 is 0 Å². The van der Waals surface area contributed by atoms with Crippen LogP contribution in [0.4, 0.5) is 21.7 Å². The second kappa shape index (κ2) is 12.3. The van der Waals surface area contributed by atoms with Crippen LogP contribution in [0.15, 0.2) is 84.1 Å². The first-order valence-electron chi connectivity index (χ1n) is 13.5. The summed E-state index contributed by atoms with van der Waals surface area (Å²) in [5.41, 5.74) is 8.39. The van der Waals surface area contributed by atoms with Crippen molar-refractivity contribution >= 4 is 40.3 Å². The minimum Gasteiger partial charge on any atom is -0.382 e. The van der Waals surface area contributed by atoms with Gasteiger partial charge in [0.05, 0.1) is 17.6 Å². The van der Waals surface area contributed by atoms with Crippen LogP contribution in [0.5, 0.6) is 0 Å². The number of carbonyl (C=O) groups excluding carboxylic acids is 2. The van der Waals surface area contributed by atoms with Gasteiger partial charge in [0, 0.05) is 30.9 Å². The van der Waals surface area contributed by atoms with E-state index in [2.05, 4.69) is 20.3 Å². The van der Waals surface area contributed by atoms with Gasteiger partial charge < -0.3 is 20.9 Å². The number of amides is 2. The highest BCUT2D eigenvalue weighted by molar-refractivity contribution is 6.04. The van der Waals surface area contributed by atoms with Crippen molar-refractivity contribution in [2.45, 2.75) is 6.92 Å². The third-order valence-electron chi connectivity index (χ3n) is 6.86. The van der Waals surface area contributed by atoms with Crippen molar-refractivity contribution in [1.82, 2.24) is 29.0 Å². The number of pyridine rings is 1. The lowest BCUT2D eigenvalue weighted by molar-refractivity contribution is -0.113. The van der Waals surface area contributed by atoms with Gasteiger partial charge in [-0.05, 0) is 75.1 Å². The Kier molecular flexibility index (Phi) is 8.31. The van der Waals surface area contributed by atoms with Gasteiger partial charge in [0.2, 0.25) is 5.91 Å². The van der Waals surface area contributed by atoms with Crippen LogP contribution in [0.1, 0.15) is 15.9 Å². The van der Waals surface area contributed by atoms with Crippen LogP contribution in [0.3, 0.4) is 0 Å². The smallest absolute Gasteiger partial charge is 0.339 e. The normalized spacial score (nSPS) is 11.4. The lowest BCUT2D eigenvalue weighted by Crippen LogP contribution is -2.25. The van der Waals surface area contributed by atoms with E-state index in [1.54, 1.807) is 68.6 Å². The highest BCUT2D eigenvalue weighted by atomic mass is 19.1. The molecule has 3 heterocycles. The zero-order valence-corrected chi connectivity index (χ0v) is 24.5. The Bertz CT molecular complexity index is 1960. The van der Waals surface area contributed by atoms with E-state index in [1.807, 2.05) is 19.0 Å². The molecule has 0 saturated carbocycles. The molecule has 0 atom stereocenters. The fourth-order valence-corrected chi connectivity index (χ4v) is 4.52. The molecule has 0 saturated heterocycles. The molecule has 3 aromatic heterocycles. The van der Waals surface area contributed by atoms with Gasteiger partial charge >= 0.3 is 5.69 Å². The van der Waals surface area contributed by atoms with Gasteiger partial charge in [0.1, 0.15) is 23.5 Å². The molecule has 13 heteroatoms. The van der Waals surface area contributed by atoms with Crippen LogP contribution in [0.25, 0.3) is 22.5 Å². The van der Waals surface area contributed by atoms with E-state index in [4.69, 9.17) is 5.73 Å². The summed E-state index contributed by atoms with van der Waals surface area (Å²) in [6, 6.07) is 14.7. The number of benzene rings is 2. The maximum atomic E-state index is 14.0. The van der Waals surface area contributed by atoms with E-state index in [0.29, 0.717) is 34.7 Å². The SMILES string of the molecule is Cc1cc(NC(=O)c2ccc(-n3c(=O)n(-c4cccc(N(C)C(=O)C=CCN(C)C)c4)c4ncnc(N)c43)cc2)ncc1F. The molecule has 0 bridgehead atoms. The van der Waals surface area contributed by atoms with Crippen LogP contribution < -0.4 is 21.6 Å². The van der Waals surface area contributed by atoms with E-state index in [0.717, 1.165) is 6.20 Å². The third-order valence-corrected chi connectivity index (χ3v) is 6.86. The number of fused-ring (bicyclic) bond motifs is 1. The molecule has 0 unspecified atom stereocenters. The van der Waals surface area contributed by atoms with E-state index in [-0.39, 0.29) is 28.7 Å². The van der Waals surface area contributed by atoms with E-state index >= 15 is 0 Å². The molecule has 3 N–H and O–H groups in total. The maximum absolute atomic E-state index is 14.0. The van der Waals surface area contributed by atoms with Crippen LogP contribution in [0.2, 0.25) is 0 Å². The average Bonchev–Trinajstić information content (AvgIpc) is 3.31. The molecule has 0 fully saturated rings. The molecule has 2 aromatic carbocycles. The summed E-state index contributed by atoms with van der Waals surface area (Å²) in [4.78, 5) is 55.3. The van der Waals surface area contributed by atoms with Crippen LogP contribution in [0, 0.1) is 12.7 Å². The molecule has 5 rings (SSSR count). The Morgan fingerprint density at radius 2 is 1.75 bits per heavy atom. The number of anilines is 3. The number of nitrogens with two attached hydrogens (primary N) is 1. The number of likely N-dealkylation sites (N-methyl/N-ethyl adjacent to an activating group) is 2. The predicted molar refractivity (Wildman–Crippen MR) is 167 cm³/mol. The summed E-state index contributed by atoms with van der Waals surface area (Å²) in [5, 5.41) is 2.64. The van der Waals surface area contributed by atoms with E-state index in [1.165, 1.54) is 32.5 Å². The summed E-state index contributed by atoms with van der Waals surface area (Å²) in [7, 11) is 5.47. The highest BCUT2D eigenvalue weighted by Crippen LogP contribution is 2.25. The van der Waals surface area contributed by atoms with Crippen molar-refractivity contribution < 1.29 is 14.0 Å². The number of aromatic nitrogens is 5. The molecule has 0 radical (unpaired) electrons. The predicted octanol–water partition coefficient (Wildman–Crippen LogP) is 3.33. The molecule has 0 aliphatic carbocycles. The minimum atomic E-state index is -0.479. The minimum absolute atomic E-state index is 0.0832. The summed E-state index contributed by atoms with van der Waals surface area (Å²) in [6.07, 6.45) is 5.58. The average molecular weight is 596 g/mol. The van der Waals surface area contributed by atoms with Crippen molar-refractivity contribution in [2.24, 2.45) is 0 Å². The molecular formula is C31H30FN9O3. The number of hydrogen-bond donors (Lipinski definition) is 2. The first-order valence-corrected chi connectivity index (χ1v) is 13.5. The third kappa shape index (κ3) is 5.94. The molecule has 224 valence electrons. The maximum Gasteiger partial charge on any atom is 0.339 e. The topological polar surface area (TPSA) is 144 Å². The van der Waals surface area contributed by atoms with Crippen molar-refractivity contribution in [2.75, 3.05) is 43.6 Å². The zero-order chi connectivity index (χ0) is 31.5. The largest absolute Gasteiger partial charge is 0.382 e. The Labute approximate surface area is 251 Å². The summed E-state index contributed by atoms with van der Waals surface area (Å²) < 4.78 is 16.3. The second-order valence-electron chi connectivity index (χ2n) is 10.3. The molecule has 12 nitrogen and oxygen atoms in total. The second-order valence-corrected chi connectivity index (χ2v) is 10.3. The number of rotatable bonds is 8. The van der Waals surface area contributed by atoms with Gasteiger partial charge in [0.15, 0.2) is 11.5 Å². The first kappa shape index (κ1) is 29.8. The molecule has 5 aromatic rings. The Morgan fingerprint density at radius 1 is 1.00 bits per heavy atom. The fraction of sp³-hybridized carbons (Fsp3) is 0.161. The number of hydrogen-bond acceptors (Lipinski definition) is 8.